The molecule has 1 aromatic heterocycles. The first-order valence-electron chi connectivity index (χ1n) is 8.25. The molecule has 6 heteroatoms. The summed E-state index contributed by atoms with van der Waals surface area (Å²) in [7, 11) is 0. The number of para-hydroxylation sites is 1. The molecule has 0 atom stereocenters. The number of amides is 1. The van der Waals surface area contributed by atoms with E-state index in [4.69, 9.17) is 0 Å². The van der Waals surface area contributed by atoms with E-state index in [0.29, 0.717) is 35.9 Å². The van der Waals surface area contributed by atoms with Gasteiger partial charge in [0.1, 0.15) is 0 Å². The quantitative estimate of drug-likeness (QED) is 0.789. The van der Waals surface area contributed by atoms with Crippen molar-refractivity contribution in [3.05, 3.63) is 34.6 Å². The molecule has 1 fully saturated rings. The topological polar surface area (TPSA) is 86.9 Å². The van der Waals surface area contributed by atoms with Gasteiger partial charge in [0.05, 0.1) is 10.9 Å². The van der Waals surface area contributed by atoms with Crippen LogP contribution in [-0.2, 0) is 4.79 Å². The van der Waals surface area contributed by atoms with E-state index in [1.54, 1.807) is 12.1 Å². The number of carbonyl (C=O) groups excluding carboxylic acids is 1. The van der Waals surface area contributed by atoms with E-state index >= 15 is 0 Å². The van der Waals surface area contributed by atoms with Crippen molar-refractivity contribution >= 4 is 22.8 Å². The highest BCUT2D eigenvalue weighted by Gasteiger charge is 2.15. The van der Waals surface area contributed by atoms with E-state index in [9.17, 15) is 9.59 Å². The summed E-state index contributed by atoms with van der Waals surface area (Å²) in [5.74, 6) is 0.451. The van der Waals surface area contributed by atoms with Crippen LogP contribution in [0.5, 0.6) is 0 Å². The molecule has 0 aliphatic heterocycles. The number of fused-ring (bicyclic) bond motifs is 1. The fourth-order valence-electron chi connectivity index (χ4n) is 3.01. The molecule has 122 valence electrons. The molecule has 6 nitrogen and oxygen atoms in total. The highest BCUT2D eigenvalue weighted by molar-refractivity contribution is 5.78. The van der Waals surface area contributed by atoms with Crippen LogP contribution in [0.1, 0.15) is 38.5 Å². The van der Waals surface area contributed by atoms with Crippen LogP contribution in [0, 0.1) is 0 Å². The summed E-state index contributed by atoms with van der Waals surface area (Å²) in [6.07, 6.45) is 6.20. The van der Waals surface area contributed by atoms with Crippen molar-refractivity contribution in [1.82, 2.24) is 15.3 Å². The lowest BCUT2D eigenvalue weighted by atomic mass is 9.95. The van der Waals surface area contributed by atoms with Gasteiger partial charge in [-0.25, -0.2) is 4.98 Å². The zero-order valence-electron chi connectivity index (χ0n) is 13.1. The Morgan fingerprint density at radius 1 is 1.22 bits per heavy atom. The summed E-state index contributed by atoms with van der Waals surface area (Å²) in [4.78, 5) is 30.9. The van der Waals surface area contributed by atoms with Gasteiger partial charge in [-0.05, 0) is 25.0 Å². The number of aromatic nitrogens is 2. The third kappa shape index (κ3) is 4.09. The molecule has 0 saturated heterocycles. The number of nitrogens with one attached hydrogen (secondary N) is 3. The lowest BCUT2D eigenvalue weighted by Gasteiger charge is -2.22. The van der Waals surface area contributed by atoms with Gasteiger partial charge in [0.2, 0.25) is 11.9 Å². The van der Waals surface area contributed by atoms with Crippen LogP contribution in [0.4, 0.5) is 5.95 Å². The second-order valence-corrected chi connectivity index (χ2v) is 6.01. The predicted molar refractivity (Wildman–Crippen MR) is 90.5 cm³/mol. The molecule has 3 N–H and O–H groups in total. The Morgan fingerprint density at radius 3 is 2.83 bits per heavy atom. The Labute approximate surface area is 134 Å². The van der Waals surface area contributed by atoms with Gasteiger partial charge in [0.25, 0.3) is 5.56 Å². The lowest BCUT2D eigenvalue weighted by molar-refractivity contribution is -0.121. The molecule has 2 aromatic rings. The summed E-state index contributed by atoms with van der Waals surface area (Å²) in [6, 6.07) is 7.52. The van der Waals surface area contributed by atoms with Crippen LogP contribution in [-0.4, -0.2) is 28.5 Å². The second-order valence-electron chi connectivity index (χ2n) is 6.01. The minimum Gasteiger partial charge on any atom is -0.355 e. The maximum absolute atomic E-state index is 11.9. The van der Waals surface area contributed by atoms with E-state index in [1.807, 2.05) is 12.1 Å². The van der Waals surface area contributed by atoms with Crippen molar-refractivity contribution in [3.63, 3.8) is 0 Å². The maximum Gasteiger partial charge on any atom is 0.260 e. The number of carbonyl (C=O) groups is 1. The molecule has 1 heterocycles. The van der Waals surface area contributed by atoms with Crippen LogP contribution in [0.2, 0.25) is 0 Å². The molecular weight excluding hydrogens is 292 g/mol. The van der Waals surface area contributed by atoms with Crippen LogP contribution in [0.3, 0.4) is 0 Å². The van der Waals surface area contributed by atoms with Crippen molar-refractivity contribution in [3.8, 4) is 0 Å². The molecule has 23 heavy (non-hydrogen) atoms. The Morgan fingerprint density at radius 2 is 2.00 bits per heavy atom. The summed E-state index contributed by atoms with van der Waals surface area (Å²) < 4.78 is 0. The van der Waals surface area contributed by atoms with Gasteiger partial charge in [-0.15, -0.1) is 0 Å². The van der Waals surface area contributed by atoms with E-state index in [-0.39, 0.29) is 11.5 Å². The van der Waals surface area contributed by atoms with Crippen molar-refractivity contribution in [2.75, 3.05) is 11.9 Å². The molecule has 1 aliphatic rings. The first-order valence-corrected chi connectivity index (χ1v) is 8.25. The summed E-state index contributed by atoms with van der Waals surface area (Å²) in [5.41, 5.74) is 0.468. The van der Waals surface area contributed by atoms with Gasteiger partial charge >= 0.3 is 0 Å². The number of nitrogens with zero attached hydrogens (tertiary/aromatic N) is 1. The highest BCUT2D eigenvalue weighted by atomic mass is 16.1. The number of aromatic amines is 1. The molecule has 1 aliphatic carbocycles. The zero-order chi connectivity index (χ0) is 16.1. The van der Waals surface area contributed by atoms with Crippen molar-refractivity contribution in [2.24, 2.45) is 0 Å². The molecule has 1 saturated carbocycles. The number of rotatable bonds is 5. The Kier molecular flexibility index (Phi) is 4.90. The SMILES string of the molecule is O=C(CCNc1nc2ccccc2c(=O)[nH]1)NC1CCCCC1. The first-order chi connectivity index (χ1) is 11.2. The monoisotopic (exact) mass is 314 g/mol. The average Bonchev–Trinajstić information content (AvgIpc) is 2.56. The fraction of sp³-hybridized carbons (Fsp3) is 0.471. The summed E-state index contributed by atoms with van der Waals surface area (Å²) in [6.45, 7) is 0.444. The smallest absolute Gasteiger partial charge is 0.260 e. The van der Waals surface area contributed by atoms with Gasteiger partial charge < -0.3 is 10.6 Å². The molecule has 0 bridgehead atoms. The van der Waals surface area contributed by atoms with Crippen molar-refractivity contribution < 1.29 is 4.79 Å². The molecule has 1 amide bonds. The van der Waals surface area contributed by atoms with Crippen LogP contribution in [0.25, 0.3) is 10.9 Å². The van der Waals surface area contributed by atoms with Crippen LogP contribution >= 0.6 is 0 Å². The Hall–Kier alpha value is -2.37. The highest BCUT2D eigenvalue weighted by Crippen LogP contribution is 2.17. The minimum absolute atomic E-state index is 0.0486. The average molecular weight is 314 g/mol. The van der Waals surface area contributed by atoms with Gasteiger partial charge in [0, 0.05) is 19.0 Å². The van der Waals surface area contributed by atoms with Gasteiger partial charge in [-0.2, -0.15) is 0 Å². The van der Waals surface area contributed by atoms with Crippen molar-refractivity contribution in [1.29, 1.82) is 0 Å². The standard InChI is InChI=1S/C17H22N4O2/c22-15(19-12-6-2-1-3-7-12)10-11-18-17-20-14-9-5-4-8-13(14)16(23)21-17/h4-5,8-9,12H,1-3,6-7,10-11H2,(H,19,22)(H2,18,20,21,23). The Balaban J connectivity index is 1.52. The maximum atomic E-state index is 11.9. The van der Waals surface area contributed by atoms with Gasteiger partial charge in [-0.1, -0.05) is 31.4 Å². The predicted octanol–water partition coefficient (Wildman–Crippen LogP) is 2.17. The number of hydrogen-bond donors (Lipinski definition) is 3. The molecule has 0 unspecified atom stereocenters. The Bertz CT molecular complexity index is 735. The number of H-pyrrole nitrogens is 1. The molecule has 0 radical (unpaired) electrons. The minimum atomic E-state index is -0.176. The van der Waals surface area contributed by atoms with Gasteiger partial charge in [0.15, 0.2) is 0 Å². The van der Waals surface area contributed by atoms with Gasteiger partial charge in [-0.3, -0.25) is 14.6 Å². The van der Waals surface area contributed by atoms with Crippen molar-refractivity contribution in [2.45, 2.75) is 44.6 Å². The third-order valence-electron chi connectivity index (χ3n) is 4.23. The lowest BCUT2D eigenvalue weighted by Crippen LogP contribution is -2.36. The molecular formula is C17H22N4O2. The van der Waals surface area contributed by atoms with E-state index in [0.717, 1.165) is 12.8 Å². The molecule has 3 rings (SSSR count). The summed E-state index contributed by atoms with van der Waals surface area (Å²) >= 11 is 0. The van der Waals surface area contributed by atoms with Crippen LogP contribution < -0.4 is 16.2 Å². The fourth-order valence-corrected chi connectivity index (χ4v) is 3.01. The van der Waals surface area contributed by atoms with E-state index < -0.39 is 0 Å². The third-order valence-corrected chi connectivity index (χ3v) is 4.23. The molecule has 1 aromatic carbocycles. The second kappa shape index (κ2) is 7.26. The number of anilines is 1. The summed E-state index contributed by atoms with van der Waals surface area (Å²) in [5, 5.41) is 6.66. The normalized spacial score (nSPS) is 15.5. The largest absolute Gasteiger partial charge is 0.355 e. The zero-order valence-corrected chi connectivity index (χ0v) is 13.1. The number of benzene rings is 1. The van der Waals surface area contributed by atoms with E-state index in [1.165, 1.54) is 19.3 Å². The first kappa shape index (κ1) is 15.5. The van der Waals surface area contributed by atoms with E-state index in [2.05, 4.69) is 20.6 Å². The van der Waals surface area contributed by atoms with Crippen LogP contribution in [0.15, 0.2) is 29.1 Å². The number of hydrogen-bond acceptors (Lipinski definition) is 4. The molecule has 0 spiro atoms.